The van der Waals surface area contributed by atoms with Crippen LogP contribution in [0.2, 0.25) is 0 Å². The number of phenols is 2. The molecular formula is C19H25NO2. The second-order valence-electron chi connectivity index (χ2n) is 7.16. The topological polar surface area (TPSA) is 52.5 Å². The van der Waals surface area contributed by atoms with Gasteiger partial charge in [-0.2, -0.15) is 0 Å². The molecule has 3 nitrogen and oxygen atoms in total. The molecule has 118 valence electrons. The first-order chi connectivity index (χ1) is 10.3. The number of rotatable bonds is 2. The van der Waals surface area contributed by atoms with E-state index in [4.69, 9.17) is 0 Å². The average Bonchev–Trinajstić information content (AvgIpc) is 2.44. The zero-order chi connectivity index (χ0) is 16.2. The van der Waals surface area contributed by atoms with Crippen molar-refractivity contribution in [2.45, 2.75) is 46.7 Å². The second-order valence-corrected chi connectivity index (χ2v) is 7.16. The highest BCUT2D eigenvalue weighted by molar-refractivity contribution is 5.96. The van der Waals surface area contributed by atoms with E-state index in [9.17, 15) is 10.2 Å². The summed E-state index contributed by atoms with van der Waals surface area (Å²) in [6, 6.07) is 5.75. The molecule has 1 aliphatic heterocycles. The molecule has 0 spiro atoms. The summed E-state index contributed by atoms with van der Waals surface area (Å²) in [5.41, 5.74) is 2.90. The lowest BCUT2D eigenvalue weighted by molar-refractivity contribution is 0.294. The van der Waals surface area contributed by atoms with Crippen LogP contribution in [-0.2, 0) is 0 Å². The largest absolute Gasteiger partial charge is 0.508 e. The van der Waals surface area contributed by atoms with Crippen molar-refractivity contribution in [3.63, 3.8) is 0 Å². The van der Waals surface area contributed by atoms with Gasteiger partial charge in [0.15, 0.2) is 0 Å². The Bertz CT molecular complexity index is 714. The monoisotopic (exact) mass is 299 g/mol. The van der Waals surface area contributed by atoms with Crippen LogP contribution in [0.3, 0.4) is 0 Å². The fraction of sp³-hybridized carbons (Fsp3) is 0.474. The number of phenolic OH excluding ortho intramolecular Hbond substituents is 2. The summed E-state index contributed by atoms with van der Waals surface area (Å²) in [4.78, 5) is 0. The minimum absolute atomic E-state index is 0.0878. The Hall–Kier alpha value is -1.74. The first kappa shape index (κ1) is 15.2. The zero-order valence-electron chi connectivity index (χ0n) is 13.9. The number of hydrogen-bond acceptors (Lipinski definition) is 3. The molecular weight excluding hydrogens is 274 g/mol. The smallest absolute Gasteiger partial charge is 0.121 e. The molecule has 22 heavy (non-hydrogen) atoms. The molecule has 0 unspecified atom stereocenters. The van der Waals surface area contributed by atoms with E-state index in [0.717, 1.165) is 27.5 Å². The van der Waals surface area contributed by atoms with Crippen LogP contribution >= 0.6 is 0 Å². The van der Waals surface area contributed by atoms with Crippen LogP contribution in [0, 0.1) is 18.8 Å². The quantitative estimate of drug-likeness (QED) is 0.762. The molecule has 2 aromatic rings. The summed E-state index contributed by atoms with van der Waals surface area (Å²) >= 11 is 0. The van der Waals surface area contributed by atoms with Crippen LogP contribution < -0.4 is 5.32 Å². The van der Waals surface area contributed by atoms with E-state index in [0.29, 0.717) is 23.3 Å². The van der Waals surface area contributed by atoms with Gasteiger partial charge in [-0.3, -0.25) is 0 Å². The number of benzene rings is 2. The number of aryl methyl sites for hydroxylation is 1. The normalized spacial score (nSPS) is 21.0. The SMILES string of the molecule is Cc1cc(O)c2c3c(c(O)ccc13)[C@H](C(C)C)N[C@H]2C(C)C. The van der Waals surface area contributed by atoms with Crippen LogP contribution in [0.25, 0.3) is 10.8 Å². The minimum Gasteiger partial charge on any atom is -0.508 e. The van der Waals surface area contributed by atoms with Crippen LogP contribution in [0.1, 0.15) is 56.5 Å². The van der Waals surface area contributed by atoms with E-state index in [2.05, 4.69) is 33.0 Å². The van der Waals surface area contributed by atoms with Gasteiger partial charge in [-0.05, 0) is 47.2 Å². The maximum atomic E-state index is 10.6. The summed E-state index contributed by atoms with van der Waals surface area (Å²) in [7, 11) is 0. The van der Waals surface area contributed by atoms with Crippen LogP contribution in [-0.4, -0.2) is 10.2 Å². The molecule has 3 N–H and O–H groups in total. The van der Waals surface area contributed by atoms with E-state index < -0.39 is 0 Å². The fourth-order valence-corrected chi connectivity index (χ4v) is 3.76. The molecule has 1 aliphatic rings. The predicted octanol–water partition coefficient (Wildman–Crippen LogP) is 4.56. The Labute approximate surface area is 132 Å². The van der Waals surface area contributed by atoms with Gasteiger partial charge in [0.25, 0.3) is 0 Å². The van der Waals surface area contributed by atoms with Gasteiger partial charge < -0.3 is 15.5 Å². The molecule has 0 bridgehead atoms. The molecule has 3 rings (SSSR count). The summed E-state index contributed by atoms with van der Waals surface area (Å²) in [5.74, 6) is 1.35. The lowest BCUT2D eigenvalue weighted by Gasteiger charge is -2.38. The van der Waals surface area contributed by atoms with Crippen molar-refractivity contribution in [2.75, 3.05) is 0 Å². The molecule has 0 saturated carbocycles. The summed E-state index contributed by atoms with van der Waals surface area (Å²) < 4.78 is 0. The lowest BCUT2D eigenvalue weighted by Crippen LogP contribution is -2.36. The maximum Gasteiger partial charge on any atom is 0.121 e. The molecule has 1 heterocycles. The van der Waals surface area contributed by atoms with E-state index in [-0.39, 0.29) is 12.1 Å². The number of hydrogen-bond donors (Lipinski definition) is 3. The van der Waals surface area contributed by atoms with Gasteiger partial charge in [0.2, 0.25) is 0 Å². The first-order valence-electron chi connectivity index (χ1n) is 8.07. The highest BCUT2D eigenvalue weighted by Crippen LogP contribution is 2.49. The number of aromatic hydroxyl groups is 2. The first-order valence-corrected chi connectivity index (χ1v) is 8.07. The zero-order valence-corrected chi connectivity index (χ0v) is 13.9. The van der Waals surface area contributed by atoms with Gasteiger partial charge in [-0.25, -0.2) is 0 Å². The highest BCUT2D eigenvalue weighted by Gasteiger charge is 2.35. The average molecular weight is 299 g/mol. The van der Waals surface area contributed by atoms with Crippen molar-refractivity contribution in [3.8, 4) is 11.5 Å². The Kier molecular flexibility index (Phi) is 3.56. The van der Waals surface area contributed by atoms with Crippen molar-refractivity contribution >= 4 is 10.8 Å². The van der Waals surface area contributed by atoms with Crippen molar-refractivity contribution in [1.29, 1.82) is 0 Å². The van der Waals surface area contributed by atoms with Gasteiger partial charge in [-0.15, -0.1) is 0 Å². The van der Waals surface area contributed by atoms with Crippen molar-refractivity contribution < 1.29 is 10.2 Å². The van der Waals surface area contributed by atoms with Gasteiger partial charge >= 0.3 is 0 Å². The highest BCUT2D eigenvalue weighted by atomic mass is 16.3. The van der Waals surface area contributed by atoms with E-state index in [1.807, 2.05) is 19.1 Å². The Morgan fingerprint density at radius 1 is 0.909 bits per heavy atom. The summed E-state index contributed by atoms with van der Waals surface area (Å²) in [6.45, 7) is 10.7. The van der Waals surface area contributed by atoms with E-state index in [1.165, 1.54) is 0 Å². The Morgan fingerprint density at radius 2 is 1.45 bits per heavy atom. The van der Waals surface area contributed by atoms with Gasteiger partial charge in [0, 0.05) is 23.2 Å². The lowest BCUT2D eigenvalue weighted by atomic mass is 9.78. The number of nitrogens with one attached hydrogen (secondary N) is 1. The van der Waals surface area contributed by atoms with Gasteiger partial charge in [-0.1, -0.05) is 33.8 Å². The summed E-state index contributed by atoms with van der Waals surface area (Å²) in [6.07, 6.45) is 0. The molecule has 0 aliphatic carbocycles. The van der Waals surface area contributed by atoms with Crippen LogP contribution in [0.4, 0.5) is 0 Å². The summed E-state index contributed by atoms with van der Waals surface area (Å²) in [5, 5.41) is 26.8. The maximum absolute atomic E-state index is 10.6. The third kappa shape index (κ3) is 2.07. The molecule has 0 radical (unpaired) electrons. The van der Waals surface area contributed by atoms with Crippen molar-refractivity contribution in [1.82, 2.24) is 5.32 Å². The third-order valence-electron chi connectivity index (χ3n) is 4.86. The molecule has 0 aromatic heterocycles. The fourth-order valence-electron chi connectivity index (χ4n) is 3.76. The predicted molar refractivity (Wildman–Crippen MR) is 90.3 cm³/mol. The molecule has 0 amide bonds. The van der Waals surface area contributed by atoms with Crippen LogP contribution in [0.15, 0.2) is 18.2 Å². The van der Waals surface area contributed by atoms with Crippen molar-refractivity contribution in [3.05, 3.63) is 34.9 Å². The second kappa shape index (κ2) is 5.17. The molecule has 2 aromatic carbocycles. The van der Waals surface area contributed by atoms with Crippen molar-refractivity contribution in [2.24, 2.45) is 11.8 Å². The minimum atomic E-state index is 0.0878. The molecule has 2 atom stereocenters. The van der Waals surface area contributed by atoms with Crippen LogP contribution in [0.5, 0.6) is 11.5 Å². The molecule has 0 saturated heterocycles. The standard InChI is InChI=1S/C19H25NO2/c1-9(2)18-16-13(21)7-6-12-11(5)8-14(22)17(15(12)16)19(20-18)10(3)4/h6-10,18-22H,1-5H3/t18-,19-/m0/s1. The van der Waals surface area contributed by atoms with Gasteiger partial charge in [0.05, 0.1) is 0 Å². The van der Waals surface area contributed by atoms with E-state index >= 15 is 0 Å². The third-order valence-corrected chi connectivity index (χ3v) is 4.86. The molecule has 3 heteroatoms. The Balaban J connectivity index is 2.46. The molecule has 0 fully saturated rings. The van der Waals surface area contributed by atoms with Gasteiger partial charge in [0.1, 0.15) is 11.5 Å². The Morgan fingerprint density at radius 3 is 2.00 bits per heavy atom. The van der Waals surface area contributed by atoms with E-state index in [1.54, 1.807) is 6.07 Å².